The Kier molecular flexibility index (Phi) is 7.87. The highest BCUT2D eigenvalue weighted by molar-refractivity contribution is 5.41. The van der Waals surface area contributed by atoms with E-state index in [4.69, 9.17) is 9.84 Å². The van der Waals surface area contributed by atoms with Crippen LogP contribution >= 0.6 is 0 Å². The topological polar surface area (TPSA) is 84.3 Å². The molecule has 2 N–H and O–H groups in total. The molecule has 2 aromatic rings. The van der Waals surface area contributed by atoms with Gasteiger partial charge in [0, 0.05) is 11.8 Å². The van der Waals surface area contributed by atoms with Gasteiger partial charge in [-0.2, -0.15) is 0 Å². The zero-order chi connectivity index (χ0) is 18.8. The number of hydrogen-bond acceptors (Lipinski definition) is 4. The molecule has 0 fully saturated rings. The highest BCUT2D eigenvalue weighted by atomic mass is 16.5. The van der Waals surface area contributed by atoms with Crippen LogP contribution < -0.4 is 11.2 Å². The van der Waals surface area contributed by atoms with E-state index in [-0.39, 0.29) is 25.5 Å². The van der Waals surface area contributed by atoms with Crippen LogP contribution in [0.25, 0.3) is 0 Å². The lowest BCUT2D eigenvalue weighted by atomic mass is 10.1. The number of aliphatic hydroxyl groups is 1. The number of aryl methyl sites for hydroxylation is 1. The lowest BCUT2D eigenvalue weighted by molar-refractivity contribution is 0.0456. The van der Waals surface area contributed by atoms with Crippen molar-refractivity contribution in [3.63, 3.8) is 0 Å². The summed E-state index contributed by atoms with van der Waals surface area (Å²) in [5.74, 6) is 5.74. The lowest BCUT2D eigenvalue weighted by Crippen LogP contribution is -2.31. The van der Waals surface area contributed by atoms with Crippen LogP contribution in [0.5, 0.6) is 0 Å². The molecule has 0 aliphatic rings. The van der Waals surface area contributed by atoms with Crippen LogP contribution in [0.4, 0.5) is 0 Å². The monoisotopic (exact) mass is 356 g/mol. The lowest BCUT2D eigenvalue weighted by Gasteiger charge is -2.05. The maximum absolute atomic E-state index is 11.9. The number of aromatic nitrogens is 2. The van der Waals surface area contributed by atoms with Crippen molar-refractivity contribution in [2.24, 2.45) is 0 Å². The fourth-order valence-electron chi connectivity index (χ4n) is 2.40. The molecule has 1 aromatic carbocycles. The summed E-state index contributed by atoms with van der Waals surface area (Å²) in [5.41, 5.74) is 1.16. The van der Waals surface area contributed by atoms with Crippen molar-refractivity contribution in [3.05, 3.63) is 68.0 Å². The molecule has 0 amide bonds. The minimum atomic E-state index is -0.574. The maximum Gasteiger partial charge on any atom is 0.330 e. The van der Waals surface area contributed by atoms with Crippen molar-refractivity contribution in [2.45, 2.75) is 39.3 Å². The first-order chi connectivity index (χ1) is 12.6. The van der Waals surface area contributed by atoms with Crippen LogP contribution in [0.3, 0.4) is 0 Å². The molecule has 0 aliphatic carbocycles. The van der Waals surface area contributed by atoms with Gasteiger partial charge in [0.2, 0.25) is 0 Å². The van der Waals surface area contributed by atoms with Gasteiger partial charge in [-0.1, -0.05) is 43.7 Å². The molecule has 0 aliphatic heterocycles. The molecule has 1 heterocycles. The number of benzene rings is 1. The number of hydrogen-bond donors (Lipinski definition) is 2. The molecule has 0 saturated carbocycles. The Balaban J connectivity index is 2.12. The Bertz CT molecular complexity index is 870. The summed E-state index contributed by atoms with van der Waals surface area (Å²) in [6, 6.07) is 7.97. The van der Waals surface area contributed by atoms with Crippen LogP contribution in [-0.4, -0.2) is 27.9 Å². The van der Waals surface area contributed by atoms with Gasteiger partial charge in [0.1, 0.15) is 12.3 Å². The van der Waals surface area contributed by atoms with Gasteiger partial charge < -0.3 is 9.84 Å². The van der Waals surface area contributed by atoms with E-state index < -0.39 is 11.2 Å². The van der Waals surface area contributed by atoms with E-state index in [2.05, 4.69) is 23.7 Å². The predicted molar refractivity (Wildman–Crippen MR) is 100 cm³/mol. The summed E-state index contributed by atoms with van der Waals surface area (Å²) in [6.45, 7) is 2.09. The number of rotatable bonds is 8. The number of aliphatic hydroxyl groups excluding tert-OH is 1. The van der Waals surface area contributed by atoms with Gasteiger partial charge in [-0.3, -0.25) is 14.3 Å². The molecular formula is C20H24N2O4. The van der Waals surface area contributed by atoms with Gasteiger partial charge in [0.25, 0.3) is 5.56 Å². The van der Waals surface area contributed by atoms with Crippen molar-refractivity contribution in [2.75, 3.05) is 13.2 Å². The van der Waals surface area contributed by atoms with Crippen molar-refractivity contribution < 1.29 is 9.84 Å². The van der Waals surface area contributed by atoms with E-state index in [1.807, 2.05) is 24.3 Å². The molecular weight excluding hydrogens is 332 g/mol. The number of aromatic amines is 1. The Morgan fingerprint density at radius 3 is 2.62 bits per heavy atom. The number of unbranched alkanes of at least 4 members (excludes halogenated alkanes) is 2. The minimum Gasteiger partial charge on any atom is -0.394 e. The van der Waals surface area contributed by atoms with E-state index in [9.17, 15) is 9.59 Å². The normalized spacial score (nSPS) is 10.4. The first kappa shape index (κ1) is 19.7. The molecule has 0 unspecified atom stereocenters. The van der Waals surface area contributed by atoms with Gasteiger partial charge in [0.15, 0.2) is 0 Å². The molecule has 0 radical (unpaired) electrons. The Hall–Kier alpha value is -2.62. The van der Waals surface area contributed by atoms with Crippen LogP contribution in [0, 0.1) is 11.8 Å². The zero-order valence-corrected chi connectivity index (χ0v) is 15.0. The summed E-state index contributed by atoms with van der Waals surface area (Å²) in [7, 11) is 0. The molecule has 2 rings (SSSR count). The largest absolute Gasteiger partial charge is 0.394 e. The average Bonchev–Trinajstić information content (AvgIpc) is 2.64. The van der Waals surface area contributed by atoms with Gasteiger partial charge in [-0.15, -0.1) is 0 Å². The molecule has 0 saturated heterocycles. The van der Waals surface area contributed by atoms with E-state index in [1.165, 1.54) is 35.6 Å². The fourth-order valence-corrected chi connectivity index (χ4v) is 2.40. The van der Waals surface area contributed by atoms with Crippen molar-refractivity contribution in [1.29, 1.82) is 0 Å². The summed E-state index contributed by atoms with van der Waals surface area (Å²) in [5, 5.41) is 8.71. The quantitative estimate of drug-likeness (QED) is 0.556. The number of nitrogens with one attached hydrogen (secondary N) is 1. The number of H-pyrrole nitrogens is 1. The van der Waals surface area contributed by atoms with Gasteiger partial charge >= 0.3 is 5.69 Å². The molecule has 0 bridgehead atoms. The number of nitrogens with zero attached hydrogens (tertiary/aromatic N) is 1. The molecule has 0 atom stereocenters. The second kappa shape index (κ2) is 10.4. The Morgan fingerprint density at radius 1 is 1.15 bits per heavy atom. The van der Waals surface area contributed by atoms with E-state index in [1.54, 1.807) is 0 Å². The molecule has 26 heavy (non-hydrogen) atoms. The molecule has 1 aromatic heterocycles. The van der Waals surface area contributed by atoms with E-state index in [0.29, 0.717) is 0 Å². The zero-order valence-electron chi connectivity index (χ0n) is 15.0. The van der Waals surface area contributed by atoms with Crippen LogP contribution in [0.1, 0.15) is 42.9 Å². The van der Waals surface area contributed by atoms with E-state index >= 15 is 0 Å². The average molecular weight is 356 g/mol. The van der Waals surface area contributed by atoms with Crippen LogP contribution in [0.15, 0.2) is 40.1 Å². The van der Waals surface area contributed by atoms with E-state index in [0.717, 1.165) is 12.0 Å². The van der Waals surface area contributed by atoms with Crippen molar-refractivity contribution in [3.8, 4) is 11.8 Å². The standard InChI is InChI=1S/C20H24N2O4/c1-2-3-4-5-16-6-8-17(9-7-16)10-11-18-14-22(15-26-13-12-23)20(25)21-19(18)24/h6-9,14,23H,2-5,12-13,15H2,1H3,(H,21,24,25). The SMILES string of the molecule is CCCCCc1ccc(C#Cc2cn(COCCO)c(=O)[nH]c2=O)cc1. The van der Waals surface area contributed by atoms with Crippen molar-refractivity contribution >= 4 is 0 Å². The van der Waals surface area contributed by atoms with Gasteiger partial charge in [-0.25, -0.2) is 4.79 Å². The minimum absolute atomic E-state index is 0.0582. The smallest absolute Gasteiger partial charge is 0.330 e. The van der Waals surface area contributed by atoms with Gasteiger partial charge in [0.05, 0.1) is 13.2 Å². The summed E-state index contributed by atoms with van der Waals surface area (Å²) in [4.78, 5) is 25.8. The maximum atomic E-state index is 11.9. The highest BCUT2D eigenvalue weighted by Crippen LogP contribution is 2.08. The molecule has 6 heteroatoms. The molecule has 138 valence electrons. The third kappa shape index (κ3) is 6.03. The second-order valence-corrected chi connectivity index (χ2v) is 5.94. The third-order valence-corrected chi connectivity index (χ3v) is 3.84. The van der Waals surface area contributed by atoms with Gasteiger partial charge in [-0.05, 0) is 30.5 Å². The summed E-state index contributed by atoms with van der Waals surface area (Å²) in [6.07, 6.45) is 6.02. The second-order valence-electron chi connectivity index (χ2n) is 5.94. The van der Waals surface area contributed by atoms with Crippen molar-refractivity contribution in [1.82, 2.24) is 9.55 Å². The predicted octanol–water partition coefficient (Wildman–Crippen LogP) is 1.64. The molecule has 0 spiro atoms. The first-order valence-corrected chi connectivity index (χ1v) is 8.77. The Morgan fingerprint density at radius 2 is 1.92 bits per heavy atom. The number of ether oxygens (including phenoxy) is 1. The summed E-state index contributed by atoms with van der Waals surface area (Å²) < 4.78 is 6.31. The third-order valence-electron chi connectivity index (χ3n) is 3.84. The molecule has 6 nitrogen and oxygen atoms in total. The summed E-state index contributed by atoms with van der Waals surface area (Å²) >= 11 is 0. The highest BCUT2D eigenvalue weighted by Gasteiger charge is 2.02. The first-order valence-electron chi connectivity index (χ1n) is 8.77. The van der Waals surface area contributed by atoms with Crippen LogP contribution in [0.2, 0.25) is 0 Å². The fraction of sp³-hybridized carbons (Fsp3) is 0.400. The van der Waals surface area contributed by atoms with Crippen LogP contribution in [-0.2, 0) is 17.9 Å². The Labute approximate surface area is 152 Å².